The maximum Gasteiger partial charge on any atom is 0.422 e. The number of nitrogens with zero attached hydrogens (tertiary/aromatic N) is 1. The van der Waals surface area contributed by atoms with E-state index in [1.54, 1.807) is 12.1 Å². The van der Waals surface area contributed by atoms with Crippen molar-refractivity contribution in [2.45, 2.75) is 18.6 Å². The molecule has 1 amide bonds. The van der Waals surface area contributed by atoms with Gasteiger partial charge in [-0.25, -0.2) is 9.78 Å². The number of carboxylic acids is 1. The van der Waals surface area contributed by atoms with Crippen molar-refractivity contribution in [3.63, 3.8) is 0 Å². The van der Waals surface area contributed by atoms with Crippen LogP contribution in [0.4, 0.5) is 13.2 Å². The number of carbonyl (C=O) groups is 2. The fourth-order valence-corrected chi connectivity index (χ4v) is 2.67. The van der Waals surface area contributed by atoms with Crippen LogP contribution in [0.15, 0.2) is 36.5 Å². The number of aromatic nitrogens is 1. The molecule has 0 saturated carbocycles. The molecule has 0 radical (unpaired) electrons. The zero-order valence-corrected chi connectivity index (χ0v) is 14.3. The summed E-state index contributed by atoms with van der Waals surface area (Å²) in [5.41, 5.74) is 1.11. The number of carbonyl (C=O) groups excluding carboxylic acids is 1. The van der Waals surface area contributed by atoms with Gasteiger partial charge >= 0.3 is 12.1 Å². The highest BCUT2D eigenvalue weighted by molar-refractivity contribution is 5.97. The van der Waals surface area contributed by atoms with Crippen molar-refractivity contribution in [2.75, 3.05) is 13.2 Å². The molecular formula is C18H15F3N2O5. The molecule has 1 unspecified atom stereocenters. The van der Waals surface area contributed by atoms with Crippen molar-refractivity contribution in [3.05, 3.63) is 53.2 Å². The van der Waals surface area contributed by atoms with Gasteiger partial charge in [-0.2, -0.15) is 13.2 Å². The highest BCUT2D eigenvalue weighted by Gasteiger charge is 2.29. The average Bonchev–Trinajstić information content (AvgIpc) is 3.11. The molecule has 0 spiro atoms. The molecule has 3 rings (SSSR count). The van der Waals surface area contributed by atoms with E-state index >= 15 is 0 Å². The van der Waals surface area contributed by atoms with E-state index in [2.05, 4.69) is 15.0 Å². The van der Waals surface area contributed by atoms with E-state index in [1.165, 1.54) is 12.1 Å². The Morgan fingerprint density at radius 1 is 1.29 bits per heavy atom. The Morgan fingerprint density at radius 3 is 2.79 bits per heavy atom. The molecular weight excluding hydrogens is 381 g/mol. The molecule has 1 aliphatic heterocycles. The highest BCUT2D eigenvalue weighted by atomic mass is 19.4. The van der Waals surface area contributed by atoms with Gasteiger partial charge in [-0.3, -0.25) is 4.79 Å². The van der Waals surface area contributed by atoms with Crippen molar-refractivity contribution < 1.29 is 37.3 Å². The smallest absolute Gasteiger partial charge is 0.422 e. The fourth-order valence-electron chi connectivity index (χ4n) is 2.67. The third-order valence-corrected chi connectivity index (χ3v) is 3.95. The maximum absolute atomic E-state index is 12.4. The molecule has 0 saturated heterocycles. The zero-order chi connectivity index (χ0) is 20.3. The number of aliphatic carboxylic acids is 1. The predicted molar refractivity (Wildman–Crippen MR) is 89.3 cm³/mol. The molecule has 28 heavy (non-hydrogen) atoms. The predicted octanol–water partition coefficient (Wildman–Crippen LogP) is 2.51. The third-order valence-electron chi connectivity index (χ3n) is 3.95. The van der Waals surface area contributed by atoms with Gasteiger partial charge in [0.15, 0.2) is 12.6 Å². The minimum atomic E-state index is -4.55. The first-order valence-corrected chi connectivity index (χ1v) is 8.18. The van der Waals surface area contributed by atoms with E-state index in [9.17, 15) is 27.9 Å². The highest BCUT2D eigenvalue weighted by Crippen LogP contribution is 2.28. The minimum absolute atomic E-state index is 0.0806. The first-order chi connectivity index (χ1) is 13.2. The van der Waals surface area contributed by atoms with Gasteiger partial charge in [-0.1, -0.05) is 6.07 Å². The first kappa shape index (κ1) is 19.5. The molecule has 1 aromatic carbocycles. The van der Waals surface area contributed by atoms with Crippen molar-refractivity contribution in [3.8, 4) is 11.6 Å². The zero-order valence-electron chi connectivity index (χ0n) is 14.3. The monoisotopic (exact) mass is 396 g/mol. The standard InChI is InChI=1S/C18H15F3N2O5/c19-18(20,21)9-28-14-8-12(3-5-22-14)16(24)23-15(17(25)26)11-1-2-13-10(7-11)4-6-27-13/h1-3,5,7-8,15H,4,6,9H2,(H,23,24)(H,25,26). The summed E-state index contributed by atoms with van der Waals surface area (Å²) in [4.78, 5) is 27.7. The van der Waals surface area contributed by atoms with Crippen LogP contribution in [0, 0.1) is 0 Å². The molecule has 2 N–H and O–H groups in total. The maximum atomic E-state index is 12.4. The van der Waals surface area contributed by atoms with Gasteiger partial charge in [0, 0.05) is 24.2 Å². The largest absolute Gasteiger partial charge is 0.493 e. The van der Waals surface area contributed by atoms with E-state index in [0.29, 0.717) is 24.3 Å². The molecule has 148 valence electrons. The molecule has 1 aromatic heterocycles. The number of hydrogen-bond donors (Lipinski definition) is 2. The Morgan fingerprint density at radius 2 is 2.07 bits per heavy atom. The molecule has 10 heteroatoms. The molecule has 0 aliphatic carbocycles. The second-order valence-electron chi connectivity index (χ2n) is 6.00. The second-order valence-corrected chi connectivity index (χ2v) is 6.00. The number of alkyl halides is 3. The number of fused-ring (bicyclic) bond motifs is 1. The molecule has 1 atom stereocenters. The van der Waals surface area contributed by atoms with Crippen molar-refractivity contribution >= 4 is 11.9 Å². The fraction of sp³-hybridized carbons (Fsp3) is 0.278. The van der Waals surface area contributed by atoms with Crippen LogP contribution in [-0.2, 0) is 11.2 Å². The number of hydrogen-bond acceptors (Lipinski definition) is 5. The normalized spacial score (nSPS) is 14.0. The number of rotatable bonds is 6. The SMILES string of the molecule is O=C(NC(C(=O)O)c1ccc2c(c1)CCO2)c1ccnc(OCC(F)(F)F)c1. The van der Waals surface area contributed by atoms with E-state index in [4.69, 9.17) is 4.74 Å². The number of pyridine rings is 1. The summed E-state index contributed by atoms with van der Waals surface area (Å²) >= 11 is 0. The Bertz CT molecular complexity index is 901. The molecule has 7 nitrogen and oxygen atoms in total. The lowest BCUT2D eigenvalue weighted by Gasteiger charge is -2.16. The van der Waals surface area contributed by atoms with Gasteiger partial charge in [0.2, 0.25) is 5.88 Å². The lowest BCUT2D eigenvalue weighted by Crippen LogP contribution is -2.33. The number of benzene rings is 1. The second kappa shape index (κ2) is 7.75. The van der Waals surface area contributed by atoms with Crippen LogP contribution in [-0.4, -0.2) is 41.4 Å². The van der Waals surface area contributed by atoms with Crippen molar-refractivity contribution in [1.29, 1.82) is 0 Å². The van der Waals surface area contributed by atoms with Gasteiger partial charge in [-0.15, -0.1) is 0 Å². The average molecular weight is 396 g/mol. The van der Waals surface area contributed by atoms with Crippen LogP contribution in [0.25, 0.3) is 0 Å². The lowest BCUT2D eigenvalue weighted by atomic mass is 10.0. The van der Waals surface area contributed by atoms with E-state index in [-0.39, 0.29) is 5.56 Å². The Labute approximate surface area is 157 Å². The van der Waals surface area contributed by atoms with Crippen LogP contribution in [0.5, 0.6) is 11.6 Å². The van der Waals surface area contributed by atoms with Gasteiger partial charge in [-0.05, 0) is 29.3 Å². The van der Waals surface area contributed by atoms with E-state index < -0.39 is 36.6 Å². The molecule has 2 heterocycles. The first-order valence-electron chi connectivity index (χ1n) is 8.18. The number of amides is 1. The van der Waals surface area contributed by atoms with E-state index in [1.807, 2.05) is 0 Å². The van der Waals surface area contributed by atoms with Crippen LogP contribution in [0.1, 0.15) is 27.5 Å². The summed E-state index contributed by atoms with van der Waals surface area (Å²) in [5.74, 6) is -1.80. The topological polar surface area (TPSA) is 97.8 Å². The number of ether oxygens (including phenoxy) is 2. The quantitative estimate of drug-likeness (QED) is 0.779. The Hall–Kier alpha value is -3.30. The Balaban J connectivity index is 1.75. The molecule has 0 bridgehead atoms. The molecule has 2 aromatic rings. The van der Waals surface area contributed by atoms with Crippen LogP contribution in [0.2, 0.25) is 0 Å². The Kier molecular flexibility index (Phi) is 5.39. The minimum Gasteiger partial charge on any atom is -0.493 e. The van der Waals surface area contributed by atoms with Crippen LogP contribution >= 0.6 is 0 Å². The van der Waals surface area contributed by atoms with Gasteiger partial charge < -0.3 is 19.9 Å². The number of carboxylic acid groups (broad SMARTS) is 1. The van der Waals surface area contributed by atoms with Crippen molar-refractivity contribution in [1.82, 2.24) is 10.3 Å². The molecule has 1 aliphatic rings. The summed E-state index contributed by atoms with van der Waals surface area (Å²) in [6, 6.07) is 5.72. The van der Waals surface area contributed by atoms with E-state index in [0.717, 1.165) is 17.8 Å². The number of nitrogens with one attached hydrogen (secondary N) is 1. The van der Waals surface area contributed by atoms with Gasteiger partial charge in [0.25, 0.3) is 5.91 Å². The third kappa shape index (κ3) is 4.70. The summed E-state index contributed by atoms with van der Waals surface area (Å²) in [6.07, 6.45) is -2.82. The van der Waals surface area contributed by atoms with Crippen molar-refractivity contribution in [2.24, 2.45) is 0 Å². The summed E-state index contributed by atoms with van der Waals surface area (Å²) < 4.78 is 46.6. The lowest BCUT2D eigenvalue weighted by molar-refractivity contribution is -0.154. The van der Waals surface area contributed by atoms with Crippen LogP contribution in [0.3, 0.4) is 0 Å². The summed E-state index contributed by atoms with van der Waals surface area (Å²) in [5, 5.41) is 11.8. The summed E-state index contributed by atoms with van der Waals surface area (Å²) in [6.45, 7) is -1.05. The summed E-state index contributed by atoms with van der Waals surface area (Å²) in [7, 11) is 0. The van der Waals surface area contributed by atoms with Gasteiger partial charge in [0.05, 0.1) is 6.61 Å². The number of halogens is 3. The van der Waals surface area contributed by atoms with Gasteiger partial charge in [0.1, 0.15) is 5.75 Å². The molecule has 0 fully saturated rings. The van der Waals surface area contributed by atoms with Crippen LogP contribution < -0.4 is 14.8 Å².